The molecular formula is C12H21NO3. The Kier molecular flexibility index (Phi) is 4.77. The molecule has 1 aliphatic heterocycles. The second-order valence-electron chi connectivity index (χ2n) is 4.66. The summed E-state index contributed by atoms with van der Waals surface area (Å²) in [6.07, 6.45) is 4.43. The van der Waals surface area contributed by atoms with Gasteiger partial charge in [-0.15, -0.1) is 0 Å². The molecule has 0 spiro atoms. The van der Waals surface area contributed by atoms with Gasteiger partial charge in [-0.05, 0) is 12.8 Å². The Morgan fingerprint density at radius 2 is 1.50 bits per heavy atom. The Morgan fingerprint density at radius 3 is 1.94 bits per heavy atom. The predicted molar refractivity (Wildman–Crippen MR) is 61.0 cm³/mol. The number of aliphatic carboxylic acids is 1. The minimum absolute atomic E-state index is 0.00296. The average Bonchev–Trinajstić information content (AvgIpc) is 2.54. The summed E-state index contributed by atoms with van der Waals surface area (Å²) in [5.74, 6) is -1.92. The maximum absolute atomic E-state index is 12.1. The van der Waals surface area contributed by atoms with Gasteiger partial charge in [0.05, 0.1) is 5.92 Å². The summed E-state index contributed by atoms with van der Waals surface area (Å²) < 4.78 is 0. The number of nitrogens with zero attached hydrogens (tertiary/aromatic N) is 1. The number of carbonyl (C=O) groups is 2. The summed E-state index contributed by atoms with van der Waals surface area (Å²) in [4.78, 5) is 24.7. The van der Waals surface area contributed by atoms with E-state index in [9.17, 15) is 9.59 Å². The lowest BCUT2D eigenvalue weighted by Crippen LogP contribution is -2.39. The summed E-state index contributed by atoms with van der Waals surface area (Å²) in [5, 5.41) is 8.88. The third-order valence-corrected chi connectivity index (χ3v) is 3.45. The normalized spacial score (nSPS) is 21.0. The molecule has 4 heteroatoms. The van der Waals surface area contributed by atoms with Gasteiger partial charge in [-0.25, -0.2) is 0 Å². The van der Waals surface area contributed by atoms with Crippen molar-refractivity contribution < 1.29 is 14.7 Å². The molecule has 0 aromatic heterocycles. The molecule has 2 unspecified atom stereocenters. The van der Waals surface area contributed by atoms with Crippen molar-refractivity contribution in [1.82, 2.24) is 4.90 Å². The molecular weight excluding hydrogens is 206 g/mol. The number of likely N-dealkylation sites (tertiary alicyclic amines) is 1. The third-order valence-electron chi connectivity index (χ3n) is 3.45. The zero-order valence-electron chi connectivity index (χ0n) is 10.1. The van der Waals surface area contributed by atoms with Crippen LogP contribution in [0.4, 0.5) is 0 Å². The summed E-state index contributed by atoms with van der Waals surface area (Å²) in [6.45, 7) is 4.89. The standard InChI is InChI=1S/C12H21NO3/c1-9(10(2)12(15)16)11(14)13-7-5-3-4-6-8-13/h9-10H,3-8H2,1-2H3,(H,15,16). The molecule has 92 valence electrons. The lowest BCUT2D eigenvalue weighted by atomic mass is 9.94. The maximum Gasteiger partial charge on any atom is 0.307 e. The van der Waals surface area contributed by atoms with E-state index < -0.39 is 17.8 Å². The SMILES string of the molecule is CC(C(=O)O)C(C)C(=O)N1CCCCCC1. The van der Waals surface area contributed by atoms with E-state index in [1.165, 1.54) is 12.8 Å². The van der Waals surface area contributed by atoms with Crippen molar-refractivity contribution in [2.24, 2.45) is 11.8 Å². The van der Waals surface area contributed by atoms with E-state index in [0.29, 0.717) is 0 Å². The number of amides is 1. The lowest BCUT2D eigenvalue weighted by Gasteiger charge is -2.25. The number of rotatable bonds is 3. The van der Waals surface area contributed by atoms with Crippen molar-refractivity contribution in [3.8, 4) is 0 Å². The van der Waals surface area contributed by atoms with Crippen LogP contribution in [0, 0.1) is 11.8 Å². The van der Waals surface area contributed by atoms with Crippen molar-refractivity contribution in [2.75, 3.05) is 13.1 Å². The first-order valence-corrected chi connectivity index (χ1v) is 6.05. The number of hydrogen-bond acceptors (Lipinski definition) is 2. The Hall–Kier alpha value is -1.06. The van der Waals surface area contributed by atoms with Gasteiger partial charge in [0.25, 0.3) is 0 Å². The van der Waals surface area contributed by atoms with Crippen molar-refractivity contribution in [3.05, 3.63) is 0 Å². The Morgan fingerprint density at radius 1 is 1.00 bits per heavy atom. The fraction of sp³-hybridized carbons (Fsp3) is 0.833. The fourth-order valence-corrected chi connectivity index (χ4v) is 2.01. The van der Waals surface area contributed by atoms with E-state index in [1.807, 2.05) is 4.90 Å². The van der Waals surface area contributed by atoms with Crippen LogP contribution in [0.3, 0.4) is 0 Å². The molecule has 0 bridgehead atoms. The van der Waals surface area contributed by atoms with Crippen molar-refractivity contribution >= 4 is 11.9 Å². The molecule has 2 atom stereocenters. The molecule has 1 amide bonds. The zero-order chi connectivity index (χ0) is 12.1. The van der Waals surface area contributed by atoms with Crippen LogP contribution in [0.5, 0.6) is 0 Å². The second kappa shape index (κ2) is 5.87. The predicted octanol–water partition coefficient (Wildman–Crippen LogP) is 1.75. The highest BCUT2D eigenvalue weighted by atomic mass is 16.4. The first-order chi connectivity index (χ1) is 7.54. The van der Waals surface area contributed by atoms with E-state index in [2.05, 4.69) is 0 Å². The van der Waals surface area contributed by atoms with Gasteiger partial charge in [0.1, 0.15) is 0 Å². The molecule has 1 fully saturated rings. The third kappa shape index (κ3) is 3.22. The molecule has 1 heterocycles. The Labute approximate surface area is 96.6 Å². The van der Waals surface area contributed by atoms with Crippen LogP contribution in [0.25, 0.3) is 0 Å². The topological polar surface area (TPSA) is 57.6 Å². The number of carboxylic acids is 1. The van der Waals surface area contributed by atoms with Crippen molar-refractivity contribution in [2.45, 2.75) is 39.5 Å². The molecule has 0 aromatic rings. The molecule has 1 N–H and O–H groups in total. The largest absolute Gasteiger partial charge is 0.481 e. The minimum Gasteiger partial charge on any atom is -0.481 e. The number of carbonyl (C=O) groups excluding carboxylic acids is 1. The zero-order valence-corrected chi connectivity index (χ0v) is 10.1. The van der Waals surface area contributed by atoms with Gasteiger partial charge in [-0.2, -0.15) is 0 Å². The van der Waals surface area contributed by atoms with Crippen LogP contribution in [-0.2, 0) is 9.59 Å². The highest BCUT2D eigenvalue weighted by Crippen LogP contribution is 2.18. The first kappa shape index (κ1) is 13.0. The van der Waals surface area contributed by atoms with E-state index in [1.54, 1.807) is 13.8 Å². The summed E-state index contributed by atoms with van der Waals surface area (Å²) in [6, 6.07) is 0. The van der Waals surface area contributed by atoms with Crippen LogP contribution in [0.15, 0.2) is 0 Å². The molecule has 1 aliphatic rings. The first-order valence-electron chi connectivity index (χ1n) is 6.05. The van der Waals surface area contributed by atoms with E-state index >= 15 is 0 Å². The van der Waals surface area contributed by atoms with Crippen LogP contribution < -0.4 is 0 Å². The van der Waals surface area contributed by atoms with E-state index in [4.69, 9.17) is 5.11 Å². The van der Waals surface area contributed by atoms with Crippen LogP contribution in [0.1, 0.15) is 39.5 Å². The molecule has 1 saturated heterocycles. The fourth-order valence-electron chi connectivity index (χ4n) is 2.01. The van der Waals surface area contributed by atoms with Gasteiger partial charge in [0.15, 0.2) is 0 Å². The molecule has 0 aromatic carbocycles. The maximum atomic E-state index is 12.1. The van der Waals surface area contributed by atoms with Gasteiger partial charge in [0.2, 0.25) is 5.91 Å². The summed E-state index contributed by atoms with van der Waals surface area (Å²) in [7, 11) is 0. The van der Waals surface area contributed by atoms with Crippen molar-refractivity contribution in [1.29, 1.82) is 0 Å². The quantitative estimate of drug-likeness (QED) is 0.799. The molecule has 4 nitrogen and oxygen atoms in total. The van der Waals surface area contributed by atoms with Gasteiger partial charge in [-0.3, -0.25) is 9.59 Å². The number of hydrogen-bond donors (Lipinski definition) is 1. The number of carboxylic acid groups (broad SMARTS) is 1. The van der Waals surface area contributed by atoms with E-state index in [0.717, 1.165) is 25.9 Å². The smallest absolute Gasteiger partial charge is 0.307 e. The van der Waals surface area contributed by atoms with Gasteiger partial charge in [0, 0.05) is 19.0 Å². The second-order valence-corrected chi connectivity index (χ2v) is 4.66. The highest BCUT2D eigenvalue weighted by molar-refractivity contribution is 5.84. The Balaban J connectivity index is 2.57. The molecule has 0 aliphatic carbocycles. The van der Waals surface area contributed by atoms with Gasteiger partial charge in [-0.1, -0.05) is 26.7 Å². The summed E-state index contributed by atoms with van der Waals surface area (Å²) >= 11 is 0. The van der Waals surface area contributed by atoms with E-state index in [-0.39, 0.29) is 5.91 Å². The van der Waals surface area contributed by atoms with Crippen molar-refractivity contribution in [3.63, 3.8) is 0 Å². The van der Waals surface area contributed by atoms with Crippen LogP contribution in [-0.4, -0.2) is 35.0 Å². The molecule has 16 heavy (non-hydrogen) atoms. The highest BCUT2D eigenvalue weighted by Gasteiger charge is 2.29. The van der Waals surface area contributed by atoms with Crippen LogP contribution in [0.2, 0.25) is 0 Å². The molecule has 0 radical (unpaired) electrons. The summed E-state index contributed by atoms with van der Waals surface area (Å²) in [5.41, 5.74) is 0. The lowest BCUT2D eigenvalue weighted by molar-refractivity contribution is -0.149. The average molecular weight is 227 g/mol. The monoisotopic (exact) mass is 227 g/mol. The molecule has 1 rings (SSSR count). The van der Waals surface area contributed by atoms with Crippen LogP contribution >= 0.6 is 0 Å². The molecule has 0 saturated carbocycles. The Bertz CT molecular complexity index is 257. The van der Waals surface area contributed by atoms with Gasteiger partial charge >= 0.3 is 5.97 Å². The van der Waals surface area contributed by atoms with Gasteiger partial charge < -0.3 is 10.0 Å². The minimum atomic E-state index is -0.893.